The highest BCUT2D eigenvalue weighted by Crippen LogP contribution is 2.26. The van der Waals surface area contributed by atoms with Gasteiger partial charge in [0.15, 0.2) is 5.75 Å². The Morgan fingerprint density at radius 2 is 2.25 bits per heavy atom. The van der Waals surface area contributed by atoms with Gasteiger partial charge in [-0.3, -0.25) is 9.69 Å². The van der Waals surface area contributed by atoms with Crippen LogP contribution in [0.15, 0.2) is 18.2 Å². The van der Waals surface area contributed by atoms with E-state index < -0.39 is 0 Å². The second kappa shape index (κ2) is 6.61. The molecule has 1 saturated carbocycles. The van der Waals surface area contributed by atoms with Gasteiger partial charge in [-0.25, -0.2) is 0 Å². The van der Waals surface area contributed by atoms with E-state index in [-0.39, 0.29) is 5.91 Å². The van der Waals surface area contributed by atoms with Crippen molar-refractivity contribution in [1.29, 1.82) is 0 Å². The number of ether oxygens (including phenoxy) is 1. The van der Waals surface area contributed by atoms with E-state index in [1.165, 1.54) is 20.0 Å². The Labute approximate surface area is 120 Å². The Hall–Kier alpha value is -1.75. The highest BCUT2D eigenvalue weighted by Gasteiger charge is 2.27. The molecule has 2 rings (SSSR count). The van der Waals surface area contributed by atoms with Crippen molar-refractivity contribution in [1.82, 2.24) is 10.2 Å². The SMILES string of the molecule is CCN(CCNC(=O)c1cccc(N)c1OC)C1CC1. The molecule has 0 unspecified atom stereocenters. The first-order valence-electron chi connectivity index (χ1n) is 7.12. The van der Waals surface area contributed by atoms with Gasteiger partial charge >= 0.3 is 0 Å². The Morgan fingerprint density at radius 3 is 2.85 bits per heavy atom. The van der Waals surface area contributed by atoms with Gasteiger partial charge in [0.05, 0.1) is 18.4 Å². The molecule has 0 aliphatic heterocycles. The number of hydrogen-bond donors (Lipinski definition) is 2. The molecule has 1 aromatic rings. The number of hydrogen-bond acceptors (Lipinski definition) is 4. The maximum atomic E-state index is 12.2. The van der Waals surface area contributed by atoms with Crippen molar-refractivity contribution in [2.24, 2.45) is 0 Å². The fourth-order valence-electron chi connectivity index (χ4n) is 2.41. The van der Waals surface area contributed by atoms with E-state index in [2.05, 4.69) is 17.1 Å². The zero-order chi connectivity index (χ0) is 14.5. The van der Waals surface area contributed by atoms with Crippen LogP contribution in [0.2, 0.25) is 0 Å². The summed E-state index contributed by atoms with van der Waals surface area (Å²) >= 11 is 0. The van der Waals surface area contributed by atoms with Gasteiger partial charge in [0.2, 0.25) is 0 Å². The molecule has 1 amide bonds. The summed E-state index contributed by atoms with van der Waals surface area (Å²) in [6, 6.07) is 5.93. The number of benzene rings is 1. The van der Waals surface area contributed by atoms with Crippen LogP contribution in [0.5, 0.6) is 5.75 Å². The minimum Gasteiger partial charge on any atom is -0.494 e. The highest BCUT2D eigenvalue weighted by atomic mass is 16.5. The van der Waals surface area contributed by atoms with Crippen LogP contribution in [0.1, 0.15) is 30.1 Å². The predicted molar refractivity (Wildman–Crippen MR) is 80.0 cm³/mol. The molecule has 0 aromatic heterocycles. The number of methoxy groups -OCH3 is 1. The van der Waals surface area contributed by atoms with Crippen LogP contribution < -0.4 is 15.8 Å². The molecule has 0 radical (unpaired) electrons. The normalized spacial score (nSPS) is 14.3. The maximum Gasteiger partial charge on any atom is 0.255 e. The minimum atomic E-state index is -0.138. The van der Waals surface area contributed by atoms with Crippen molar-refractivity contribution >= 4 is 11.6 Å². The number of anilines is 1. The first-order valence-corrected chi connectivity index (χ1v) is 7.12. The van der Waals surface area contributed by atoms with Crippen LogP contribution in [-0.4, -0.2) is 43.6 Å². The quantitative estimate of drug-likeness (QED) is 0.741. The molecule has 1 aliphatic carbocycles. The monoisotopic (exact) mass is 277 g/mol. The van der Waals surface area contributed by atoms with Gasteiger partial charge in [0, 0.05) is 19.1 Å². The Balaban J connectivity index is 1.90. The van der Waals surface area contributed by atoms with Crippen LogP contribution in [-0.2, 0) is 0 Å². The fourth-order valence-corrected chi connectivity index (χ4v) is 2.41. The van der Waals surface area contributed by atoms with Crippen molar-refractivity contribution in [2.45, 2.75) is 25.8 Å². The third-order valence-electron chi connectivity index (χ3n) is 3.65. The van der Waals surface area contributed by atoms with Gasteiger partial charge in [-0.05, 0) is 31.5 Å². The largest absolute Gasteiger partial charge is 0.494 e. The Morgan fingerprint density at radius 1 is 1.50 bits per heavy atom. The number of para-hydroxylation sites is 1. The van der Waals surface area contributed by atoms with Crippen molar-refractivity contribution in [3.63, 3.8) is 0 Å². The molecule has 5 heteroatoms. The standard InChI is InChI=1S/C15H23N3O2/c1-3-18(11-7-8-11)10-9-17-15(19)12-5-4-6-13(16)14(12)20-2/h4-6,11H,3,7-10,16H2,1-2H3,(H,17,19). The van der Waals surface area contributed by atoms with Gasteiger partial charge in [0.25, 0.3) is 5.91 Å². The molecule has 3 N–H and O–H groups in total. The Kier molecular flexibility index (Phi) is 4.84. The molecule has 0 atom stereocenters. The zero-order valence-electron chi connectivity index (χ0n) is 12.2. The van der Waals surface area contributed by atoms with Crippen LogP contribution in [0, 0.1) is 0 Å². The third kappa shape index (κ3) is 3.42. The fraction of sp³-hybridized carbons (Fsp3) is 0.533. The lowest BCUT2D eigenvalue weighted by molar-refractivity contribution is 0.0945. The van der Waals surface area contributed by atoms with Gasteiger partial charge in [-0.2, -0.15) is 0 Å². The summed E-state index contributed by atoms with van der Waals surface area (Å²) in [5, 5.41) is 2.93. The molecule has 1 aliphatic rings. The van der Waals surface area contributed by atoms with Crippen LogP contribution in [0.25, 0.3) is 0 Å². The van der Waals surface area contributed by atoms with Crippen molar-refractivity contribution in [3.8, 4) is 5.75 Å². The maximum absolute atomic E-state index is 12.2. The number of nitrogen functional groups attached to an aromatic ring is 1. The molecule has 110 valence electrons. The first-order chi connectivity index (χ1) is 9.67. The molecule has 1 fully saturated rings. The molecular weight excluding hydrogens is 254 g/mol. The molecular formula is C15H23N3O2. The van der Waals surface area contributed by atoms with Gasteiger partial charge in [-0.15, -0.1) is 0 Å². The summed E-state index contributed by atoms with van der Waals surface area (Å²) < 4.78 is 5.20. The van der Waals surface area contributed by atoms with E-state index in [0.717, 1.165) is 19.1 Å². The number of nitrogens with two attached hydrogens (primary N) is 1. The molecule has 20 heavy (non-hydrogen) atoms. The number of likely N-dealkylation sites (N-methyl/N-ethyl adjacent to an activating group) is 1. The molecule has 1 aromatic carbocycles. The van der Waals surface area contributed by atoms with E-state index in [1.807, 2.05) is 0 Å². The second-order valence-corrected chi connectivity index (χ2v) is 5.04. The minimum absolute atomic E-state index is 0.138. The number of carbonyl (C=O) groups excluding carboxylic acids is 1. The van der Waals surface area contributed by atoms with Crippen LogP contribution in [0.4, 0.5) is 5.69 Å². The van der Waals surface area contributed by atoms with Gasteiger partial charge < -0.3 is 15.8 Å². The number of carbonyl (C=O) groups is 1. The highest BCUT2D eigenvalue weighted by molar-refractivity contribution is 5.98. The van der Waals surface area contributed by atoms with E-state index in [4.69, 9.17) is 10.5 Å². The van der Waals surface area contributed by atoms with Crippen LogP contribution >= 0.6 is 0 Å². The lowest BCUT2D eigenvalue weighted by Gasteiger charge is -2.20. The molecule has 0 heterocycles. The molecule has 0 spiro atoms. The summed E-state index contributed by atoms with van der Waals surface area (Å²) in [7, 11) is 1.52. The van der Waals surface area contributed by atoms with E-state index >= 15 is 0 Å². The number of rotatable bonds is 7. The smallest absolute Gasteiger partial charge is 0.255 e. The molecule has 0 bridgehead atoms. The average Bonchev–Trinajstić information content (AvgIpc) is 3.27. The summed E-state index contributed by atoms with van der Waals surface area (Å²) in [5.74, 6) is 0.306. The number of amides is 1. The number of nitrogens with one attached hydrogen (secondary N) is 1. The topological polar surface area (TPSA) is 67.6 Å². The van der Waals surface area contributed by atoms with E-state index in [9.17, 15) is 4.79 Å². The van der Waals surface area contributed by atoms with Crippen molar-refractivity contribution < 1.29 is 9.53 Å². The van der Waals surface area contributed by atoms with E-state index in [1.54, 1.807) is 18.2 Å². The second-order valence-electron chi connectivity index (χ2n) is 5.04. The lowest BCUT2D eigenvalue weighted by Crippen LogP contribution is -2.36. The first kappa shape index (κ1) is 14.7. The number of nitrogens with zero attached hydrogens (tertiary/aromatic N) is 1. The zero-order valence-corrected chi connectivity index (χ0v) is 12.2. The Bertz CT molecular complexity index is 472. The molecule has 0 saturated heterocycles. The average molecular weight is 277 g/mol. The summed E-state index contributed by atoms with van der Waals surface area (Å²) in [6.07, 6.45) is 2.57. The summed E-state index contributed by atoms with van der Waals surface area (Å²) in [5.41, 5.74) is 6.77. The lowest BCUT2D eigenvalue weighted by atomic mass is 10.1. The predicted octanol–water partition coefficient (Wildman–Crippen LogP) is 1.49. The van der Waals surface area contributed by atoms with Crippen LogP contribution in [0.3, 0.4) is 0 Å². The summed E-state index contributed by atoms with van der Waals surface area (Å²) in [4.78, 5) is 14.6. The summed E-state index contributed by atoms with van der Waals surface area (Å²) in [6.45, 7) is 4.71. The van der Waals surface area contributed by atoms with Gasteiger partial charge in [-0.1, -0.05) is 13.0 Å². The van der Waals surface area contributed by atoms with Crippen molar-refractivity contribution in [2.75, 3.05) is 32.5 Å². The van der Waals surface area contributed by atoms with Crippen molar-refractivity contribution in [3.05, 3.63) is 23.8 Å². The third-order valence-corrected chi connectivity index (χ3v) is 3.65. The van der Waals surface area contributed by atoms with E-state index in [0.29, 0.717) is 23.5 Å². The molecule has 5 nitrogen and oxygen atoms in total. The van der Waals surface area contributed by atoms with Gasteiger partial charge in [0.1, 0.15) is 0 Å².